The fraction of sp³-hybridized carbons (Fsp3) is 0.619. The molecule has 0 radical (unpaired) electrons. The number of ether oxygens (including phenoxy) is 1. The van der Waals surface area contributed by atoms with Crippen LogP contribution in [0.5, 0.6) is 0 Å². The number of nitrogens with one attached hydrogen (secondary N) is 3. The third-order valence-corrected chi connectivity index (χ3v) is 6.09. The third kappa shape index (κ3) is 11.1. The first kappa shape index (κ1) is 29.1. The van der Waals surface area contributed by atoms with Gasteiger partial charge in [0.1, 0.15) is 22.4 Å². The standard InChI is InChI=1S/C21H33ClFN3O6S/c1-13(2)10-17(26-20(29)32-21(3,4)5)19(28)24-9-8-15(27)12-25-33(30,31)18-7-6-14(23)11-16(18)22/h6-7,11,13,15,17,25,27H,8-10,12H2,1-5H3,(H,24,28)(H,26,29)/t15-,17-/m0/s1. The fourth-order valence-corrected chi connectivity index (χ4v) is 4.32. The average Bonchev–Trinajstić information content (AvgIpc) is 2.63. The zero-order chi connectivity index (χ0) is 25.4. The maximum atomic E-state index is 13.1. The van der Waals surface area contributed by atoms with E-state index in [1.54, 1.807) is 20.8 Å². The summed E-state index contributed by atoms with van der Waals surface area (Å²) in [7, 11) is -4.06. The van der Waals surface area contributed by atoms with Crippen LogP contribution in [0.15, 0.2) is 23.1 Å². The number of benzene rings is 1. The second kappa shape index (κ2) is 12.5. The predicted octanol–water partition coefficient (Wildman–Crippen LogP) is 2.56. The first-order valence-electron chi connectivity index (χ1n) is 10.5. The largest absolute Gasteiger partial charge is 0.444 e. The van der Waals surface area contributed by atoms with E-state index in [1.165, 1.54) is 0 Å². The molecule has 0 spiro atoms. The molecule has 1 aromatic carbocycles. The molecule has 188 valence electrons. The van der Waals surface area contributed by atoms with E-state index < -0.39 is 45.6 Å². The highest BCUT2D eigenvalue weighted by Crippen LogP contribution is 2.21. The van der Waals surface area contributed by atoms with Gasteiger partial charge in [-0.15, -0.1) is 0 Å². The summed E-state index contributed by atoms with van der Waals surface area (Å²) in [6.45, 7) is 8.65. The molecule has 0 aromatic heterocycles. The maximum absolute atomic E-state index is 13.1. The van der Waals surface area contributed by atoms with Crippen LogP contribution in [0.2, 0.25) is 5.02 Å². The van der Waals surface area contributed by atoms with Gasteiger partial charge in [0.15, 0.2) is 0 Å². The van der Waals surface area contributed by atoms with Crippen molar-refractivity contribution in [1.29, 1.82) is 0 Å². The number of aliphatic hydroxyl groups is 1. The minimum absolute atomic E-state index is 0.0453. The van der Waals surface area contributed by atoms with E-state index in [2.05, 4.69) is 15.4 Å². The Balaban J connectivity index is 2.56. The van der Waals surface area contributed by atoms with Crippen molar-refractivity contribution in [1.82, 2.24) is 15.4 Å². The number of amides is 2. The minimum Gasteiger partial charge on any atom is -0.444 e. The van der Waals surface area contributed by atoms with Gasteiger partial charge < -0.3 is 20.5 Å². The number of aliphatic hydroxyl groups excluding tert-OH is 1. The highest BCUT2D eigenvalue weighted by atomic mass is 35.5. The number of hydrogen-bond donors (Lipinski definition) is 4. The average molecular weight is 510 g/mol. The third-order valence-electron chi connectivity index (χ3n) is 4.18. The van der Waals surface area contributed by atoms with Crippen molar-refractivity contribution in [2.75, 3.05) is 13.1 Å². The lowest BCUT2D eigenvalue weighted by atomic mass is 10.0. The van der Waals surface area contributed by atoms with Crippen molar-refractivity contribution in [2.24, 2.45) is 5.92 Å². The van der Waals surface area contributed by atoms with Crippen molar-refractivity contribution in [2.45, 2.75) is 70.1 Å². The number of alkyl carbamates (subject to hydrolysis) is 1. The summed E-state index contributed by atoms with van der Waals surface area (Å²) >= 11 is 5.78. The molecule has 4 N–H and O–H groups in total. The van der Waals surface area contributed by atoms with Crippen LogP contribution >= 0.6 is 11.6 Å². The van der Waals surface area contributed by atoms with Crippen LogP contribution in [-0.2, 0) is 19.6 Å². The Morgan fingerprint density at radius 1 is 1.24 bits per heavy atom. The van der Waals surface area contributed by atoms with E-state index in [0.29, 0.717) is 6.42 Å². The van der Waals surface area contributed by atoms with Crippen LogP contribution < -0.4 is 15.4 Å². The second-order valence-corrected chi connectivity index (χ2v) is 11.1. The molecule has 0 aliphatic heterocycles. The number of sulfonamides is 1. The summed E-state index contributed by atoms with van der Waals surface area (Å²) in [5, 5.41) is 15.0. The van der Waals surface area contributed by atoms with Gasteiger partial charge in [-0.3, -0.25) is 4.79 Å². The van der Waals surface area contributed by atoms with E-state index >= 15 is 0 Å². The summed E-state index contributed by atoms with van der Waals surface area (Å²) in [4.78, 5) is 24.2. The summed E-state index contributed by atoms with van der Waals surface area (Å²) in [6.07, 6.45) is -1.39. The fourth-order valence-electron chi connectivity index (χ4n) is 2.72. The molecule has 0 fully saturated rings. The number of rotatable bonds is 11. The van der Waals surface area contributed by atoms with Gasteiger partial charge >= 0.3 is 6.09 Å². The van der Waals surface area contributed by atoms with Gasteiger partial charge in [-0.1, -0.05) is 25.4 Å². The van der Waals surface area contributed by atoms with Crippen LogP contribution in [-0.4, -0.2) is 56.4 Å². The molecule has 0 heterocycles. The Labute approximate surface area is 199 Å². The Kier molecular flexibility index (Phi) is 11.0. The van der Waals surface area contributed by atoms with Gasteiger partial charge in [0.25, 0.3) is 0 Å². The van der Waals surface area contributed by atoms with Crippen LogP contribution in [0.3, 0.4) is 0 Å². The van der Waals surface area contributed by atoms with E-state index in [1.807, 2.05) is 13.8 Å². The smallest absolute Gasteiger partial charge is 0.408 e. The van der Waals surface area contributed by atoms with E-state index in [9.17, 15) is 27.5 Å². The van der Waals surface area contributed by atoms with Crippen molar-refractivity contribution in [3.63, 3.8) is 0 Å². The van der Waals surface area contributed by atoms with E-state index in [-0.39, 0.29) is 35.3 Å². The number of carbonyl (C=O) groups excluding carboxylic acids is 2. The van der Waals surface area contributed by atoms with Crippen molar-refractivity contribution in [3.05, 3.63) is 29.0 Å². The SMILES string of the molecule is CC(C)C[C@H](NC(=O)OC(C)(C)C)C(=O)NCC[C@H](O)CNS(=O)(=O)c1ccc(F)cc1Cl. The molecule has 0 aliphatic carbocycles. The van der Waals surface area contributed by atoms with E-state index in [4.69, 9.17) is 16.3 Å². The summed E-state index contributed by atoms with van der Waals surface area (Å²) in [5.41, 5.74) is -0.710. The van der Waals surface area contributed by atoms with Gasteiger partial charge in [0.05, 0.1) is 11.1 Å². The molecule has 9 nitrogen and oxygen atoms in total. The van der Waals surface area contributed by atoms with Gasteiger partial charge in [-0.2, -0.15) is 0 Å². The van der Waals surface area contributed by atoms with Gasteiger partial charge in [0, 0.05) is 13.1 Å². The normalized spacial score (nSPS) is 14.0. The van der Waals surface area contributed by atoms with Crippen molar-refractivity contribution < 1.29 is 32.2 Å². The molecule has 0 aliphatic rings. The molecule has 0 bridgehead atoms. The Morgan fingerprint density at radius 3 is 2.42 bits per heavy atom. The van der Waals surface area contributed by atoms with Crippen molar-refractivity contribution >= 4 is 33.6 Å². The molecule has 33 heavy (non-hydrogen) atoms. The molecule has 1 rings (SSSR count). The highest BCUT2D eigenvalue weighted by molar-refractivity contribution is 7.89. The Bertz CT molecular complexity index is 921. The molecule has 1 aromatic rings. The molecule has 2 atom stereocenters. The maximum Gasteiger partial charge on any atom is 0.408 e. The van der Waals surface area contributed by atoms with Crippen LogP contribution in [0.25, 0.3) is 0 Å². The minimum atomic E-state index is -4.06. The molecular weight excluding hydrogens is 477 g/mol. The van der Waals surface area contributed by atoms with Crippen LogP contribution in [0.1, 0.15) is 47.5 Å². The molecule has 12 heteroatoms. The monoisotopic (exact) mass is 509 g/mol. The highest BCUT2D eigenvalue weighted by Gasteiger charge is 2.25. The first-order chi connectivity index (χ1) is 15.1. The molecule has 0 saturated heterocycles. The molecule has 0 saturated carbocycles. The van der Waals surface area contributed by atoms with Gasteiger partial charge in [-0.25, -0.2) is 22.3 Å². The molecular formula is C21H33ClFN3O6S. The summed E-state index contributed by atoms with van der Waals surface area (Å²) in [5.74, 6) is -0.999. The lowest BCUT2D eigenvalue weighted by Gasteiger charge is -2.24. The first-order valence-corrected chi connectivity index (χ1v) is 12.4. The second-order valence-electron chi connectivity index (χ2n) is 8.99. The lowest BCUT2D eigenvalue weighted by Crippen LogP contribution is -2.49. The quantitative estimate of drug-likeness (QED) is 0.362. The zero-order valence-electron chi connectivity index (χ0n) is 19.4. The summed E-state index contributed by atoms with van der Waals surface area (Å²) < 4.78 is 45.1. The van der Waals surface area contributed by atoms with Crippen LogP contribution in [0, 0.1) is 11.7 Å². The van der Waals surface area contributed by atoms with E-state index in [0.717, 1.165) is 18.2 Å². The number of carbonyl (C=O) groups is 2. The Hall–Kier alpha value is -1.95. The van der Waals surface area contributed by atoms with Crippen LogP contribution in [0.4, 0.5) is 9.18 Å². The Morgan fingerprint density at radius 2 is 1.88 bits per heavy atom. The summed E-state index contributed by atoms with van der Waals surface area (Å²) in [6, 6.07) is 2.04. The number of halogens is 2. The topological polar surface area (TPSA) is 134 Å². The zero-order valence-corrected chi connectivity index (χ0v) is 21.0. The van der Waals surface area contributed by atoms with Gasteiger partial charge in [0.2, 0.25) is 15.9 Å². The number of hydrogen-bond acceptors (Lipinski definition) is 6. The molecule has 2 amide bonds. The van der Waals surface area contributed by atoms with Gasteiger partial charge in [-0.05, 0) is 57.7 Å². The molecule has 0 unspecified atom stereocenters. The van der Waals surface area contributed by atoms with Crippen molar-refractivity contribution in [3.8, 4) is 0 Å². The lowest BCUT2D eigenvalue weighted by molar-refractivity contribution is -0.123. The predicted molar refractivity (Wildman–Crippen MR) is 123 cm³/mol.